The summed E-state index contributed by atoms with van der Waals surface area (Å²) in [5.74, 6) is 0. The van der Waals surface area contributed by atoms with Crippen LogP contribution < -0.4 is 4.90 Å². The molecule has 0 unspecified atom stereocenters. The van der Waals surface area contributed by atoms with Gasteiger partial charge in [-0.2, -0.15) is 0 Å². The molecular weight excluding hydrogens is 226 g/mol. The average Bonchev–Trinajstić information content (AvgIpc) is 2.70. The van der Waals surface area contributed by atoms with Crippen molar-refractivity contribution in [1.82, 2.24) is 0 Å². The van der Waals surface area contributed by atoms with E-state index in [1.807, 2.05) is 0 Å². The molecule has 1 nitrogen and oxygen atoms in total. The van der Waals surface area contributed by atoms with Crippen LogP contribution in [0.15, 0.2) is 24.3 Å². The van der Waals surface area contributed by atoms with Crippen LogP contribution in [-0.2, 0) is 5.33 Å². The standard InChI is InChI=1S/C11H14BrN/c12-9-10-5-1-2-6-11(10)13-7-3-4-8-13/h1-2,5-6H,3-4,7-9H2. The Kier molecular flexibility index (Phi) is 2.89. The molecule has 1 fully saturated rings. The van der Waals surface area contributed by atoms with Crippen LogP contribution in [0.5, 0.6) is 0 Å². The predicted molar refractivity (Wildman–Crippen MR) is 60.5 cm³/mol. The quantitative estimate of drug-likeness (QED) is 0.717. The van der Waals surface area contributed by atoms with Gasteiger partial charge in [0.1, 0.15) is 0 Å². The lowest BCUT2D eigenvalue weighted by Crippen LogP contribution is -2.18. The minimum atomic E-state index is 0.958. The van der Waals surface area contributed by atoms with Gasteiger partial charge in [0, 0.05) is 24.1 Å². The third kappa shape index (κ3) is 1.88. The molecule has 1 aliphatic heterocycles. The number of para-hydroxylation sites is 1. The molecule has 0 atom stereocenters. The summed E-state index contributed by atoms with van der Waals surface area (Å²) in [6.45, 7) is 2.45. The van der Waals surface area contributed by atoms with Gasteiger partial charge in [0.15, 0.2) is 0 Å². The van der Waals surface area contributed by atoms with Gasteiger partial charge < -0.3 is 4.90 Å². The molecule has 1 saturated heterocycles. The maximum atomic E-state index is 3.53. The van der Waals surface area contributed by atoms with Gasteiger partial charge in [-0.25, -0.2) is 0 Å². The highest BCUT2D eigenvalue weighted by molar-refractivity contribution is 9.08. The molecule has 2 heteroatoms. The summed E-state index contributed by atoms with van der Waals surface area (Å²) in [6.07, 6.45) is 2.69. The van der Waals surface area contributed by atoms with Crippen molar-refractivity contribution < 1.29 is 0 Å². The second-order valence-corrected chi connectivity index (χ2v) is 4.02. The van der Waals surface area contributed by atoms with Crippen molar-refractivity contribution in [2.24, 2.45) is 0 Å². The van der Waals surface area contributed by atoms with Crippen LogP contribution in [0.4, 0.5) is 5.69 Å². The molecule has 1 heterocycles. The zero-order valence-electron chi connectivity index (χ0n) is 7.67. The van der Waals surface area contributed by atoms with E-state index in [0.29, 0.717) is 0 Å². The third-order valence-corrected chi connectivity index (χ3v) is 3.19. The van der Waals surface area contributed by atoms with E-state index in [1.54, 1.807) is 0 Å². The van der Waals surface area contributed by atoms with Crippen LogP contribution in [0.3, 0.4) is 0 Å². The minimum absolute atomic E-state index is 0.958. The highest BCUT2D eigenvalue weighted by Gasteiger charge is 2.14. The normalized spacial score (nSPS) is 16.5. The molecule has 0 bridgehead atoms. The number of benzene rings is 1. The van der Waals surface area contributed by atoms with Gasteiger partial charge in [-0.3, -0.25) is 0 Å². The molecule has 0 saturated carbocycles. The molecule has 0 radical (unpaired) electrons. The van der Waals surface area contributed by atoms with Crippen molar-refractivity contribution in [3.8, 4) is 0 Å². The van der Waals surface area contributed by atoms with Gasteiger partial charge in [-0.15, -0.1) is 0 Å². The van der Waals surface area contributed by atoms with E-state index in [1.165, 1.54) is 37.2 Å². The third-order valence-electron chi connectivity index (χ3n) is 2.58. The first-order valence-corrected chi connectivity index (χ1v) is 5.93. The zero-order valence-corrected chi connectivity index (χ0v) is 9.26. The molecule has 70 valence electrons. The molecule has 1 aromatic carbocycles. The van der Waals surface area contributed by atoms with Crippen molar-refractivity contribution in [3.63, 3.8) is 0 Å². The van der Waals surface area contributed by atoms with Gasteiger partial charge in [-0.05, 0) is 24.5 Å². The first-order valence-electron chi connectivity index (χ1n) is 4.80. The van der Waals surface area contributed by atoms with E-state index in [4.69, 9.17) is 0 Å². The van der Waals surface area contributed by atoms with Crippen molar-refractivity contribution in [3.05, 3.63) is 29.8 Å². The van der Waals surface area contributed by atoms with Crippen LogP contribution in [0.1, 0.15) is 18.4 Å². The number of rotatable bonds is 2. The lowest BCUT2D eigenvalue weighted by Gasteiger charge is -2.20. The molecule has 0 aromatic heterocycles. The Labute approximate surface area is 87.9 Å². The maximum absolute atomic E-state index is 3.53. The number of hydrogen-bond acceptors (Lipinski definition) is 1. The molecule has 13 heavy (non-hydrogen) atoms. The van der Waals surface area contributed by atoms with Crippen LogP contribution >= 0.6 is 15.9 Å². The first kappa shape index (κ1) is 9.07. The van der Waals surface area contributed by atoms with Crippen LogP contribution in [-0.4, -0.2) is 13.1 Å². The summed E-state index contributed by atoms with van der Waals surface area (Å²) >= 11 is 3.53. The van der Waals surface area contributed by atoms with E-state index in [2.05, 4.69) is 45.1 Å². The summed E-state index contributed by atoms with van der Waals surface area (Å²) in [7, 11) is 0. The fourth-order valence-corrected chi connectivity index (χ4v) is 2.36. The Balaban J connectivity index is 2.26. The minimum Gasteiger partial charge on any atom is -0.371 e. The highest BCUT2D eigenvalue weighted by Crippen LogP contribution is 2.25. The Morgan fingerprint density at radius 1 is 1.15 bits per heavy atom. The van der Waals surface area contributed by atoms with Gasteiger partial charge >= 0.3 is 0 Å². The topological polar surface area (TPSA) is 3.24 Å². The van der Waals surface area contributed by atoms with E-state index in [-0.39, 0.29) is 0 Å². The van der Waals surface area contributed by atoms with Gasteiger partial charge in [-0.1, -0.05) is 34.1 Å². The summed E-state index contributed by atoms with van der Waals surface area (Å²) < 4.78 is 0. The van der Waals surface area contributed by atoms with Crippen LogP contribution in [0.25, 0.3) is 0 Å². The van der Waals surface area contributed by atoms with E-state index in [0.717, 1.165) is 5.33 Å². The summed E-state index contributed by atoms with van der Waals surface area (Å²) in [5.41, 5.74) is 2.82. The maximum Gasteiger partial charge on any atom is 0.0407 e. The van der Waals surface area contributed by atoms with Crippen molar-refractivity contribution in [1.29, 1.82) is 0 Å². The van der Waals surface area contributed by atoms with Crippen LogP contribution in [0, 0.1) is 0 Å². The number of nitrogens with zero attached hydrogens (tertiary/aromatic N) is 1. The van der Waals surface area contributed by atoms with Gasteiger partial charge in [0.25, 0.3) is 0 Å². The fourth-order valence-electron chi connectivity index (χ4n) is 1.89. The van der Waals surface area contributed by atoms with Crippen molar-refractivity contribution in [2.45, 2.75) is 18.2 Å². The van der Waals surface area contributed by atoms with E-state index < -0.39 is 0 Å². The first-order chi connectivity index (χ1) is 6.42. The molecular formula is C11H14BrN. The molecule has 1 aromatic rings. The SMILES string of the molecule is BrCc1ccccc1N1CCCC1. The summed E-state index contributed by atoms with van der Waals surface area (Å²) in [5, 5.41) is 0.958. The Bertz CT molecular complexity index is 279. The van der Waals surface area contributed by atoms with Crippen molar-refractivity contribution in [2.75, 3.05) is 18.0 Å². The number of hydrogen-bond donors (Lipinski definition) is 0. The number of halogens is 1. The van der Waals surface area contributed by atoms with Crippen molar-refractivity contribution >= 4 is 21.6 Å². The van der Waals surface area contributed by atoms with E-state index in [9.17, 15) is 0 Å². The average molecular weight is 240 g/mol. The largest absolute Gasteiger partial charge is 0.371 e. The smallest absolute Gasteiger partial charge is 0.0407 e. The molecule has 1 aliphatic rings. The Hall–Kier alpha value is -0.500. The monoisotopic (exact) mass is 239 g/mol. The van der Waals surface area contributed by atoms with Crippen LogP contribution in [0.2, 0.25) is 0 Å². The summed E-state index contributed by atoms with van der Waals surface area (Å²) in [6, 6.07) is 8.65. The number of anilines is 1. The Morgan fingerprint density at radius 2 is 1.85 bits per heavy atom. The fraction of sp³-hybridized carbons (Fsp3) is 0.455. The second kappa shape index (κ2) is 4.14. The van der Waals surface area contributed by atoms with E-state index >= 15 is 0 Å². The molecule has 2 rings (SSSR count). The lowest BCUT2D eigenvalue weighted by atomic mass is 10.2. The molecule has 0 amide bonds. The summed E-state index contributed by atoms with van der Waals surface area (Å²) in [4.78, 5) is 2.48. The second-order valence-electron chi connectivity index (χ2n) is 3.46. The predicted octanol–water partition coefficient (Wildman–Crippen LogP) is 3.18. The zero-order chi connectivity index (χ0) is 9.10. The van der Waals surface area contributed by atoms with Gasteiger partial charge in [0.2, 0.25) is 0 Å². The number of alkyl halides is 1. The molecule has 0 spiro atoms. The highest BCUT2D eigenvalue weighted by atomic mass is 79.9. The molecule has 0 aliphatic carbocycles. The molecule has 0 N–H and O–H groups in total. The lowest BCUT2D eigenvalue weighted by molar-refractivity contribution is 0.949. The Morgan fingerprint density at radius 3 is 2.54 bits per heavy atom. The van der Waals surface area contributed by atoms with Gasteiger partial charge in [0.05, 0.1) is 0 Å².